The highest BCUT2D eigenvalue weighted by molar-refractivity contribution is 5.94. The van der Waals surface area contributed by atoms with Gasteiger partial charge in [0.25, 0.3) is 0 Å². The van der Waals surface area contributed by atoms with Crippen molar-refractivity contribution in [3.63, 3.8) is 0 Å². The molecular formula is C13H20N2O3. The van der Waals surface area contributed by atoms with Gasteiger partial charge >= 0.3 is 5.97 Å². The summed E-state index contributed by atoms with van der Waals surface area (Å²) < 4.78 is 0. The average Bonchev–Trinajstić information content (AvgIpc) is 2.22. The number of hydrogen-bond acceptors (Lipinski definition) is 4. The van der Waals surface area contributed by atoms with Gasteiger partial charge in [-0.2, -0.15) is 0 Å². The van der Waals surface area contributed by atoms with Gasteiger partial charge < -0.3 is 15.5 Å². The van der Waals surface area contributed by atoms with E-state index >= 15 is 0 Å². The van der Waals surface area contributed by atoms with E-state index in [0.29, 0.717) is 24.3 Å². The van der Waals surface area contributed by atoms with Crippen LogP contribution < -0.4 is 5.32 Å². The first kappa shape index (κ1) is 14.4. The van der Waals surface area contributed by atoms with Crippen molar-refractivity contribution in [1.82, 2.24) is 4.98 Å². The average molecular weight is 252 g/mol. The molecule has 0 amide bonds. The van der Waals surface area contributed by atoms with Crippen molar-refractivity contribution in [3.05, 3.63) is 22.9 Å². The number of carbonyl (C=O) groups is 1. The Morgan fingerprint density at radius 1 is 1.50 bits per heavy atom. The molecular weight excluding hydrogens is 232 g/mol. The van der Waals surface area contributed by atoms with Crippen LogP contribution in [0, 0.1) is 13.8 Å². The Labute approximate surface area is 107 Å². The van der Waals surface area contributed by atoms with E-state index in [1.807, 2.05) is 6.92 Å². The summed E-state index contributed by atoms with van der Waals surface area (Å²) in [5.74, 6) is -0.566. The maximum Gasteiger partial charge on any atom is 0.339 e. The Hall–Kier alpha value is -1.62. The number of aliphatic hydroxyl groups excluding tert-OH is 1. The number of carboxylic acids is 1. The summed E-state index contributed by atoms with van der Waals surface area (Å²) in [5, 5.41) is 21.3. The van der Waals surface area contributed by atoms with Gasteiger partial charge in [-0.3, -0.25) is 0 Å². The fourth-order valence-electron chi connectivity index (χ4n) is 1.84. The van der Waals surface area contributed by atoms with Crippen LogP contribution in [0.3, 0.4) is 0 Å². The van der Waals surface area contributed by atoms with Crippen LogP contribution in [0.1, 0.15) is 41.4 Å². The van der Waals surface area contributed by atoms with Gasteiger partial charge in [-0.1, -0.05) is 0 Å². The molecule has 1 heterocycles. The standard InChI is InChI=1S/C13H20N2O3/c1-8-7-9(2)15-12(11(8)13(17)18)14-6-4-5-10(3)16/h7,10,16H,4-6H2,1-3H3,(H,14,15)(H,17,18). The third-order valence-corrected chi connectivity index (χ3v) is 2.65. The van der Waals surface area contributed by atoms with Crippen molar-refractivity contribution in [2.24, 2.45) is 0 Å². The molecule has 0 fully saturated rings. The molecule has 0 aliphatic rings. The van der Waals surface area contributed by atoms with E-state index in [9.17, 15) is 4.79 Å². The Kier molecular flexibility index (Phi) is 5.09. The highest BCUT2D eigenvalue weighted by atomic mass is 16.4. The predicted octanol–water partition coefficient (Wildman–Crippen LogP) is 1.97. The lowest BCUT2D eigenvalue weighted by Gasteiger charge is -2.12. The molecule has 1 rings (SSSR count). The number of hydrogen-bond donors (Lipinski definition) is 3. The van der Waals surface area contributed by atoms with Crippen LogP contribution in [0.4, 0.5) is 5.82 Å². The maximum absolute atomic E-state index is 11.2. The lowest BCUT2D eigenvalue weighted by atomic mass is 10.1. The number of aryl methyl sites for hydroxylation is 2. The monoisotopic (exact) mass is 252 g/mol. The summed E-state index contributed by atoms with van der Waals surface area (Å²) in [4.78, 5) is 15.4. The third kappa shape index (κ3) is 4.00. The Morgan fingerprint density at radius 3 is 2.72 bits per heavy atom. The normalized spacial score (nSPS) is 12.2. The third-order valence-electron chi connectivity index (χ3n) is 2.65. The minimum absolute atomic E-state index is 0.220. The first-order chi connectivity index (χ1) is 8.41. The molecule has 0 aliphatic carbocycles. The molecule has 0 aliphatic heterocycles. The molecule has 0 aromatic carbocycles. The Morgan fingerprint density at radius 2 is 2.17 bits per heavy atom. The van der Waals surface area contributed by atoms with Crippen molar-refractivity contribution >= 4 is 11.8 Å². The van der Waals surface area contributed by atoms with E-state index in [-0.39, 0.29) is 11.7 Å². The van der Waals surface area contributed by atoms with Crippen LogP contribution in [0.2, 0.25) is 0 Å². The SMILES string of the molecule is Cc1cc(C)c(C(=O)O)c(NCCCC(C)O)n1. The fourth-order valence-corrected chi connectivity index (χ4v) is 1.84. The zero-order valence-corrected chi connectivity index (χ0v) is 11.0. The first-order valence-corrected chi connectivity index (χ1v) is 6.05. The number of nitrogens with one attached hydrogen (secondary N) is 1. The lowest BCUT2D eigenvalue weighted by Crippen LogP contribution is -2.13. The van der Waals surface area contributed by atoms with E-state index in [0.717, 1.165) is 12.1 Å². The van der Waals surface area contributed by atoms with Crippen LogP contribution in [0.15, 0.2) is 6.07 Å². The number of nitrogens with zero attached hydrogens (tertiary/aromatic N) is 1. The molecule has 1 atom stereocenters. The van der Waals surface area contributed by atoms with Crippen LogP contribution in [0.5, 0.6) is 0 Å². The molecule has 1 aromatic rings. The summed E-state index contributed by atoms with van der Waals surface area (Å²) in [7, 11) is 0. The molecule has 0 saturated carbocycles. The van der Waals surface area contributed by atoms with E-state index in [1.54, 1.807) is 19.9 Å². The van der Waals surface area contributed by atoms with Crippen LogP contribution in [0.25, 0.3) is 0 Å². The number of pyridine rings is 1. The topological polar surface area (TPSA) is 82.5 Å². The van der Waals surface area contributed by atoms with Gasteiger partial charge in [-0.25, -0.2) is 9.78 Å². The molecule has 0 radical (unpaired) electrons. The van der Waals surface area contributed by atoms with E-state index in [1.165, 1.54) is 0 Å². The van der Waals surface area contributed by atoms with Crippen molar-refractivity contribution in [2.75, 3.05) is 11.9 Å². The highest BCUT2D eigenvalue weighted by Gasteiger charge is 2.15. The minimum atomic E-state index is -0.974. The summed E-state index contributed by atoms with van der Waals surface area (Å²) in [6.07, 6.45) is 1.11. The second kappa shape index (κ2) is 6.35. The molecule has 0 saturated heterocycles. The van der Waals surface area contributed by atoms with Gasteiger partial charge in [0.1, 0.15) is 11.4 Å². The smallest absolute Gasteiger partial charge is 0.339 e. The molecule has 18 heavy (non-hydrogen) atoms. The first-order valence-electron chi connectivity index (χ1n) is 6.05. The molecule has 5 nitrogen and oxygen atoms in total. The van der Waals surface area contributed by atoms with Gasteiger partial charge in [0, 0.05) is 12.2 Å². The second-order valence-electron chi connectivity index (χ2n) is 4.53. The van der Waals surface area contributed by atoms with Crippen molar-refractivity contribution in [2.45, 2.75) is 39.7 Å². The lowest BCUT2D eigenvalue weighted by molar-refractivity contribution is 0.0696. The molecule has 5 heteroatoms. The molecule has 1 aromatic heterocycles. The Bertz CT molecular complexity index is 430. The molecule has 100 valence electrons. The van der Waals surface area contributed by atoms with E-state index in [4.69, 9.17) is 10.2 Å². The van der Waals surface area contributed by atoms with E-state index in [2.05, 4.69) is 10.3 Å². The summed E-state index contributed by atoms with van der Waals surface area (Å²) in [6.45, 7) is 5.93. The van der Waals surface area contributed by atoms with Crippen molar-refractivity contribution < 1.29 is 15.0 Å². The minimum Gasteiger partial charge on any atom is -0.478 e. The van der Waals surface area contributed by atoms with E-state index < -0.39 is 5.97 Å². The van der Waals surface area contributed by atoms with Gasteiger partial charge in [0.2, 0.25) is 0 Å². The van der Waals surface area contributed by atoms with Crippen molar-refractivity contribution in [3.8, 4) is 0 Å². The quantitative estimate of drug-likeness (QED) is 0.674. The van der Waals surface area contributed by atoms with Gasteiger partial charge in [-0.15, -0.1) is 0 Å². The van der Waals surface area contributed by atoms with Crippen LogP contribution >= 0.6 is 0 Å². The zero-order chi connectivity index (χ0) is 13.7. The number of aromatic nitrogens is 1. The van der Waals surface area contributed by atoms with Gasteiger partial charge in [0.15, 0.2) is 0 Å². The van der Waals surface area contributed by atoms with Gasteiger partial charge in [0.05, 0.1) is 6.10 Å². The van der Waals surface area contributed by atoms with Crippen molar-refractivity contribution in [1.29, 1.82) is 0 Å². The summed E-state index contributed by atoms with van der Waals surface area (Å²) >= 11 is 0. The zero-order valence-electron chi connectivity index (χ0n) is 11.0. The number of aromatic carboxylic acids is 1. The van der Waals surface area contributed by atoms with Gasteiger partial charge in [-0.05, 0) is 45.2 Å². The van der Waals surface area contributed by atoms with Crippen LogP contribution in [-0.4, -0.2) is 33.8 Å². The predicted molar refractivity (Wildman–Crippen MR) is 70.1 cm³/mol. The molecule has 0 bridgehead atoms. The number of aliphatic hydroxyl groups is 1. The van der Waals surface area contributed by atoms with Crippen LogP contribution in [-0.2, 0) is 0 Å². The number of carboxylic acid groups (broad SMARTS) is 1. The number of anilines is 1. The molecule has 3 N–H and O–H groups in total. The molecule has 0 spiro atoms. The highest BCUT2D eigenvalue weighted by Crippen LogP contribution is 2.18. The fraction of sp³-hybridized carbons (Fsp3) is 0.538. The number of rotatable bonds is 6. The summed E-state index contributed by atoms with van der Waals surface area (Å²) in [5.41, 5.74) is 1.71. The largest absolute Gasteiger partial charge is 0.478 e. The molecule has 1 unspecified atom stereocenters. The maximum atomic E-state index is 11.2. The summed E-state index contributed by atoms with van der Waals surface area (Å²) in [6, 6.07) is 1.75. The second-order valence-corrected chi connectivity index (χ2v) is 4.53. The Balaban J connectivity index is 2.77.